The van der Waals surface area contributed by atoms with Crippen LogP contribution in [-0.4, -0.2) is 19.9 Å². The number of pyridine rings is 1. The number of rotatable bonds is 5. The van der Waals surface area contributed by atoms with Crippen molar-refractivity contribution < 1.29 is 5.11 Å². The maximum atomic E-state index is 10.4. The van der Waals surface area contributed by atoms with Crippen LogP contribution in [0.5, 0.6) is 0 Å². The van der Waals surface area contributed by atoms with Crippen LogP contribution in [0.4, 0.5) is 0 Å². The fraction of sp³-hybridized carbons (Fsp3) is 0.429. The summed E-state index contributed by atoms with van der Waals surface area (Å²) in [6.45, 7) is 4.92. The molecule has 0 aliphatic heterocycles. The van der Waals surface area contributed by atoms with E-state index in [2.05, 4.69) is 55.8 Å². The van der Waals surface area contributed by atoms with Gasteiger partial charge in [-0.1, -0.05) is 6.92 Å². The average molecular weight is 403 g/mol. The molecular weight excluding hydrogens is 386 g/mol. The van der Waals surface area contributed by atoms with E-state index in [1.165, 1.54) is 0 Å². The largest absolute Gasteiger partial charge is 0.388 e. The van der Waals surface area contributed by atoms with Crippen LogP contribution in [0.1, 0.15) is 36.9 Å². The second-order valence-corrected chi connectivity index (χ2v) is 6.24. The molecule has 0 saturated carbocycles. The van der Waals surface area contributed by atoms with Gasteiger partial charge in [0.05, 0.1) is 22.0 Å². The Balaban J connectivity index is 2.27. The van der Waals surface area contributed by atoms with E-state index < -0.39 is 6.10 Å². The van der Waals surface area contributed by atoms with Gasteiger partial charge >= 0.3 is 0 Å². The molecule has 2 aromatic rings. The number of halogens is 2. The van der Waals surface area contributed by atoms with Crippen molar-refractivity contribution in [1.29, 1.82) is 0 Å². The number of nitrogens with zero attached hydrogens (tertiary/aromatic N) is 3. The molecule has 0 amide bonds. The van der Waals surface area contributed by atoms with E-state index in [1.54, 1.807) is 12.4 Å². The van der Waals surface area contributed by atoms with E-state index in [0.717, 1.165) is 38.9 Å². The van der Waals surface area contributed by atoms with Crippen LogP contribution in [0, 0.1) is 0 Å². The first-order chi connectivity index (χ1) is 9.56. The molecule has 0 fully saturated rings. The lowest BCUT2D eigenvalue weighted by Gasteiger charge is -2.12. The summed E-state index contributed by atoms with van der Waals surface area (Å²) in [6.07, 6.45) is 4.19. The topological polar surface area (TPSA) is 50.9 Å². The van der Waals surface area contributed by atoms with Crippen molar-refractivity contribution in [1.82, 2.24) is 14.8 Å². The summed E-state index contributed by atoms with van der Waals surface area (Å²) in [5, 5.41) is 14.9. The van der Waals surface area contributed by atoms with Crippen molar-refractivity contribution in [3.63, 3.8) is 0 Å². The molecule has 2 aromatic heterocycles. The first-order valence-electron chi connectivity index (χ1n) is 6.59. The number of aryl methyl sites for hydroxylation is 2. The van der Waals surface area contributed by atoms with Gasteiger partial charge in [-0.15, -0.1) is 0 Å². The Labute approximate surface area is 135 Å². The number of aliphatic hydroxyl groups is 1. The van der Waals surface area contributed by atoms with Gasteiger partial charge < -0.3 is 5.11 Å². The van der Waals surface area contributed by atoms with Gasteiger partial charge in [0, 0.05) is 35.4 Å². The molecule has 4 nitrogen and oxygen atoms in total. The Morgan fingerprint density at radius 3 is 2.65 bits per heavy atom. The Hall–Kier alpha value is -0.720. The molecule has 6 heteroatoms. The third-order valence-electron chi connectivity index (χ3n) is 3.19. The molecule has 0 spiro atoms. The molecule has 0 bridgehead atoms. The zero-order valence-electron chi connectivity index (χ0n) is 11.5. The SMILES string of the molecule is CCc1nn(CC)c(CC(O)c2cncc(Br)c2)c1Br. The summed E-state index contributed by atoms with van der Waals surface area (Å²) in [7, 11) is 0. The van der Waals surface area contributed by atoms with Crippen LogP contribution in [0.15, 0.2) is 27.4 Å². The van der Waals surface area contributed by atoms with Gasteiger partial charge in [-0.05, 0) is 51.3 Å². The maximum absolute atomic E-state index is 10.4. The van der Waals surface area contributed by atoms with Gasteiger partial charge in [0.15, 0.2) is 0 Å². The monoisotopic (exact) mass is 401 g/mol. The summed E-state index contributed by atoms with van der Waals surface area (Å²) >= 11 is 6.97. The van der Waals surface area contributed by atoms with Gasteiger partial charge in [0.25, 0.3) is 0 Å². The molecule has 0 radical (unpaired) electrons. The van der Waals surface area contributed by atoms with E-state index >= 15 is 0 Å². The normalized spacial score (nSPS) is 12.7. The van der Waals surface area contributed by atoms with Crippen molar-refractivity contribution in [3.05, 3.63) is 44.4 Å². The minimum absolute atomic E-state index is 0.513. The predicted molar refractivity (Wildman–Crippen MR) is 85.6 cm³/mol. The molecule has 1 unspecified atom stereocenters. The average Bonchev–Trinajstić information content (AvgIpc) is 2.75. The highest BCUT2D eigenvalue weighted by Crippen LogP contribution is 2.27. The fourth-order valence-electron chi connectivity index (χ4n) is 2.12. The third-order valence-corrected chi connectivity index (χ3v) is 4.54. The number of aliphatic hydroxyl groups excluding tert-OH is 1. The number of aromatic nitrogens is 3. The minimum atomic E-state index is -0.594. The van der Waals surface area contributed by atoms with Crippen molar-refractivity contribution >= 4 is 31.9 Å². The quantitative estimate of drug-likeness (QED) is 0.830. The Bertz CT molecular complexity index is 598. The smallest absolute Gasteiger partial charge is 0.0860 e. The van der Waals surface area contributed by atoms with Crippen LogP contribution in [-0.2, 0) is 19.4 Å². The Morgan fingerprint density at radius 2 is 2.05 bits per heavy atom. The van der Waals surface area contributed by atoms with Crippen molar-refractivity contribution in [2.24, 2.45) is 0 Å². The van der Waals surface area contributed by atoms with Crippen LogP contribution in [0.2, 0.25) is 0 Å². The predicted octanol–water partition coefficient (Wildman–Crippen LogP) is 3.66. The van der Waals surface area contributed by atoms with Crippen molar-refractivity contribution in [3.8, 4) is 0 Å². The molecule has 1 atom stereocenters. The van der Waals surface area contributed by atoms with Crippen LogP contribution in [0.3, 0.4) is 0 Å². The van der Waals surface area contributed by atoms with E-state index in [-0.39, 0.29) is 0 Å². The number of hydrogen-bond acceptors (Lipinski definition) is 3. The summed E-state index contributed by atoms with van der Waals surface area (Å²) in [6, 6.07) is 1.89. The van der Waals surface area contributed by atoms with E-state index in [9.17, 15) is 5.11 Å². The van der Waals surface area contributed by atoms with E-state index in [0.29, 0.717) is 6.42 Å². The van der Waals surface area contributed by atoms with Crippen molar-refractivity contribution in [2.75, 3.05) is 0 Å². The minimum Gasteiger partial charge on any atom is -0.388 e. The first kappa shape index (κ1) is 15.7. The second-order valence-electron chi connectivity index (χ2n) is 4.53. The van der Waals surface area contributed by atoms with Crippen LogP contribution < -0.4 is 0 Å². The molecule has 2 heterocycles. The molecule has 20 heavy (non-hydrogen) atoms. The van der Waals surface area contributed by atoms with Gasteiger partial charge in [0.2, 0.25) is 0 Å². The second kappa shape index (κ2) is 6.83. The molecule has 1 N–H and O–H groups in total. The van der Waals surface area contributed by atoms with E-state index in [1.807, 2.05) is 10.7 Å². The number of hydrogen-bond donors (Lipinski definition) is 1. The third kappa shape index (κ3) is 3.30. The van der Waals surface area contributed by atoms with Crippen molar-refractivity contribution in [2.45, 2.75) is 39.3 Å². The maximum Gasteiger partial charge on any atom is 0.0860 e. The van der Waals surface area contributed by atoms with Gasteiger partial charge in [-0.2, -0.15) is 5.10 Å². The standard InChI is InChI=1S/C14H17Br2N3O/c1-3-11-14(16)12(19(4-2)18-11)6-13(20)9-5-10(15)8-17-7-9/h5,7-8,13,20H,3-4,6H2,1-2H3. The van der Waals surface area contributed by atoms with Gasteiger partial charge in [-0.3, -0.25) is 9.67 Å². The molecule has 0 saturated heterocycles. The highest BCUT2D eigenvalue weighted by atomic mass is 79.9. The lowest BCUT2D eigenvalue weighted by Crippen LogP contribution is -2.09. The van der Waals surface area contributed by atoms with Gasteiger partial charge in [0.1, 0.15) is 0 Å². The summed E-state index contributed by atoms with van der Waals surface area (Å²) in [5.41, 5.74) is 2.85. The zero-order valence-corrected chi connectivity index (χ0v) is 14.6. The first-order valence-corrected chi connectivity index (χ1v) is 8.17. The van der Waals surface area contributed by atoms with Gasteiger partial charge in [-0.25, -0.2) is 0 Å². The molecule has 0 aliphatic rings. The molecule has 0 aliphatic carbocycles. The summed E-state index contributed by atoms with van der Waals surface area (Å²) in [5.74, 6) is 0. The molecular formula is C14H17Br2N3O. The zero-order chi connectivity index (χ0) is 14.7. The molecule has 108 valence electrons. The Kier molecular flexibility index (Phi) is 5.35. The molecule has 0 aromatic carbocycles. The Morgan fingerprint density at radius 1 is 1.30 bits per heavy atom. The lowest BCUT2D eigenvalue weighted by atomic mass is 10.1. The fourth-order valence-corrected chi connectivity index (χ4v) is 3.23. The van der Waals surface area contributed by atoms with Crippen LogP contribution in [0.25, 0.3) is 0 Å². The highest BCUT2D eigenvalue weighted by molar-refractivity contribution is 9.10. The van der Waals surface area contributed by atoms with E-state index in [4.69, 9.17) is 0 Å². The summed E-state index contributed by atoms with van der Waals surface area (Å²) in [4.78, 5) is 4.09. The molecule has 2 rings (SSSR count). The lowest BCUT2D eigenvalue weighted by molar-refractivity contribution is 0.174. The highest BCUT2D eigenvalue weighted by Gasteiger charge is 2.18. The summed E-state index contributed by atoms with van der Waals surface area (Å²) < 4.78 is 3.81. The van der Waals surface area contributed by atoms with Crippen LogP contribution >= 0.6 is 31.9 Å².